The van der Waals surface area contributed by atoms with Gasteiger partial charge in [0.25, 0.3) is 5.56 Å². The molecule has 2 heterocycles. The second kappa shape index (κ2) is 5.42. The molecule has 2 unspecified atom stereocenters. The van der Waals surface area contributed by atoms with Gasteiger partial charge in [-0.1, -0.05) is 13.8 Å². The molecule has 1 aliphatic heterocycles. The van der Waals surface area contributed by atoms with E-state index in [1.807, 2.05) is 13.8 Å². The van der Waals surface area contributed by atoms with E-state index >= 15 is 0 Å². The highest BCUT2D eigenvalue weighted by atomic mass is 32.2. The molecule has 0 saturated carbocycles. The molecule has 0 amide bonds. The van der Waals surface area contributed by atoms with Crippen molar-refractivity contribution in [3.63, 3.8) is 0 Å². The van der Waals surface area contributed by atoms with Crippen LogP contribution in [-0.2, 0) is 24.1 Å². The van der Waals surface area contributed by atoms with Crippen LogP contribution >= 0.6 is 0 Å². The summed E-state index contributed by atoms with van der Waals surface area (Å²) in [4.78, 5) is 23.5. The zero-order chi connectivity index (χ0) is 15.9. The Balaban J connectivity index is 2.55. The molecule has 7 nitrogen and oxygen atoms in total. The second-order valence-electron chi connectivity index (χ2n) is 6.02. The molecule has 1 aromatic rings. The van der Waals surface area contributed by atoms with E-state index < -0.39 is 21.3 Å². The first-order valence-corrected chi connectivity index (χ1v) is 8.35. The van der Waals surface area contributed by atoms with Crippen LogP contribution < -0.4 is 11.2 Å². The molecule has 0 radical (unpaired) electrons. The van der Waals surface area contributed by atoms with Gasteiger partial charge in [0, 0.05) is 33.4 Å². The predicted octanol–water partition coefficient (Wildman–Crippen LogP) is -0.249. The molecule has 1 aliphatic rings. The van der Waals surface area contributed by atoms with Crippen LogP contribution in [0.5, 0.6) is 0 Å². The first kappa shape index (κ1) is 16.0. The number of nitrogens with zero attached hydrogens (tertiary/aromatic N) is 3. The van der Waals surface area contributed by atoms with Crippen LogP contribution in [0.2, 0.25) is 0 Å². The van der Waals surface area contributed by atoms with E-state index in [2.05, 4.69) is 0 Å². The van der Waals surface area contributed by atoms with Crippen LogP contribution in [0.1, 0.15) is 20.3 Å². The lowest BCUT2D eigenvalue weighted by Gasteiger charge is -2.33. The molecular weight excluding hydrogens is 294 g/mol. The van der Waals surface area contributed by atoms with Gasteiger partial charge in [-0.15, -0.1) is 0 Å². The molecule has 118 valence electrons. The summed E-state index contributed by atoms with van der Waals surface area (Å²) in [6, 6.07) is 0. The van der Waals surface area contributed by atoms with E-state index in [4.69, 9.17) is 0 Å². The molecule has 0 bridgehead atoms. The molecule has 1 saturated heterocycles. The number of rotatable bonds is 2. The van der Waals surface area contributed by atoms with Gasteiger partial charge in [0.2, 0.25) is 10.0 Å². The fourth-order valence-electron chi connectivity index (χ4n) is 2.89. The molecule has 0 spiro atoms. The molecule has 2 rings (SSSR count). The Bertz CT molecular complexity index is 753. The highest BCUT2D eigenvalue weighted by Gasteiger charge is 2.34. The highest BCUT2D eigenvalue weighted by Crippen LogP contribution is 2.25. The van der Waals surface area contributed by atoms with E-state index in [0.717, 1.165) is 21.8 Å². The molecule has 1 fully saturated rings. The molecule has 2 atom stereocenters. The Morgan fingerprint density at radius 2 is 1.62 bits per heavy atom. The number of piperidine rings is 1. The zero-order valence-corrected chi connectivity index (χ0v) is 13.6. The third-order valence-electron chi connectivity index (χ3n) is 3.87. The monoisotopic (exact) mass is 315 g/mol. The number of aromatic nitrogens is 2. The summed E-state index contributed by atoms with van der Waals surface area (Å²) in [6.07, 6.45) is 2.08. The Labute approximate surface area is 123 Å². The van der Waals surface area contributed by atoms with Crippen LogP contribution in [-0.4, -0.2) is 34.9 Å². The third kappa shape index (κ3) is 2.82. The van der Waals surface area contributed by atoms with E-state index in [1.54, 1.807) is 0 Å². The maximum atomic E-state index is 12.7. The van der Waals surface area contributed by atoms with Crippen molar-refractivity contribution in [2.45, 2.75) is 25.2 Å². The first-order valence-electron chi connectivity index (χ1n) is 6.91. The minimum absolute atomic E-state index is 0.250. The van der Waals surface area contributed by atoms with Gasteiger partial charge in [-0.25, -0.2) is 13.2 Å². The van der Waals surface area contributed by atoms with Crippen molar-refractivity contribution >= 4 is 10.0 Å². The molecule has 0 N–H and O–H groups in total. The molecule has 1 aromatic heterocycles. The minimum Gasteiger partial charge on any atom is -0.302 e. The molecule has 8 heteroatoms. The Morgan fingerprint density at radius 3 is 2.14 bits per heavy atom. The van der Waals surface area contributed by atoms with E-state index in [1.165, 1.54) is 18.4 Å². The summed E-state index contributed by atoms with van der Waals surface area (Å²) in [5.74, 6) is 0.500. The summed E-state index contributed by atoms with van der Waals surface area (Å²) in [7, 11) is -1.16. The average Bonchev–Trinajstić information content (AvgIpc) is 2.39. The molecule has 0 aromatic carbocycles. The number of aryl methyl sites for hydroxylation is 1. The number of hydrogen-bond donors (Lipinski definition) is 0. The van der Waals surface area contributed by atoms with Gasteiger partial charge >= 0.3 is 5.69 Å². The molecular formula is C13H21N3O4S. The summed E-state index contributed by atoms with van der Waals surface area (Å²) >= 11 is 0. The SMILES string of the molecule is CC1CC(C)CN(S(=O)(=O)c2cn(C)c(=O)n(C)c2=O)C1. The highest BCUT2D eigenvalue weighted by molar-refractivity contribution is 7.89. The maximum absolute atomic E-state index is 12.7. The summed E-state index contributed by atoms with van der Waals surface area (Å²) < 4.78 is 28.7. The van der Waals surface area contributed by atoms with E-state index in [9.17, 15) is 18.0 Å². The lowest BCUT2D eigenvalue weighted by Crippen LogP contribution is -2.46. The first-order chi connectivity index (χ1) is 9.64. The van der Waals surface area contributed by atoms with Crippen molar-refractivity contribution in [1.82, 2.24) is 13.4 Å². The minimum atomic E-state index is -3.88. The fraction of sp³-hybridized carbons (Fsp3) is 0.692. The van der Waals surface area contributed by atoms with Gasteiger partial charge in [-0.05, 0) is 18.3 Å². The Hall–Kier alpha value is -1.41. The maximum Gasteiger partial charge on any atom is 0.330 e. The van der Waals surface area contributed by atoms with Gasteiger partial charge in [0.15, 0.2) is 4.90 Å². The average molecular weight is 315 g/mol. The van der Waals surface area contributed by atoms with Crippen LogP contribution in [0.25, 0.3) is 0 Å². The predicted molar refractivity (Wildman–Crippen MR) is 78.6 cm³/mol. The number of hydrogen-bond acceptors (Lipinski definition) is 4. The lowest BCUT2D eigenvalue weighted by molar-refractivity contribution is 0.222. The molecule has 0 aliphatic carbocycles. The van der Waals surface area contributed by atoms with Crippen molar-refractivity contribution in [2.75, 3.05) is 13.1 Å². The van der Waals surface area contributed by atoms with Crippen molar-refractivity contribution in [3.8, 4) is 0 Å². The van der Waals surface area contributed by atoms with Crippen molar-refractivity contribution in [3.05, 3.63) is 27.0 Å². The van der Waals surface area contributed by atoms with Gasteiger partial charge in [-0.3, -0.25) is 9.36 Å². The summed E-state index contributed by atoms with van der Waals surface area (Å²) in [6.45, 7) is 4.80. The number of sulfonamides is 1. The van der Waals surface area contributed by atoms with Gasteiger partial charge in [0.05, 0.1) is 0 Å². The van der Waals surface area contributed by atoms with Crippen LogP contribution in [0.4, 0.5) is 0 Å². The standard InChI is InChI=1S/C13H21N3O4S/c1-9-5-10(2)7-16(6-9)21(19,20)11-8-14(3)13(18)15(4)12(11)17/h8-10H,5-7H2,1-4H3. The summed E-state index contributed by atoms with van der Waals surface area (Å²) in [5, 5.41) is 0. The van der Waals surface area contributed by atoms with Crippen LogP contribution in [0.3, 0.4) is 0 Å². The van der Waals surface area contributed by atoms with Gasteiger partial charge < -0.3 is 4.57 Å². The van der Waals surface area contributed by atoms with E-state index in [-0.39, 0.29) is 16.7 Å². The van der Waals surface area contributed by atoms with Crippen molar-refractivity contribution in [2.24, 2.45) is 25.9 Å². The van der Waals surface area contributed by atoms with Crippen molar-refractivity contribution < 1.29 is 8.42 Å². The smallest absolute Gasteiger partial charge is 0.302 e. The largest absolute Gasteiger partial charge is 0.330 e. The topological polar surface area (TPSA) is 81.4 Å². The zero-order valence-electron chi connectivity index (χ0n) is 12.7. The normalized spacial score (nSPS) is 24.2. The Morgan fingerprint density at radius 1 is 1.10 bits per heavy atom. The lowest BCUT2D eigenvalue weighted by atomic mass is 9.94. The third-order valence-corrected chi connectivity index (χ3v) is 5.68. The summed E-state index contributed by atoms with van der Waals surface area (Å²) in [5.41, 5.74) is -1.32. The van der Waals surface area contributed by atoms with E-state index in [0.29, 0.717) is 13.1 Å². The van der Waals surface area contributed by atoms with Crippen LogP contribution in [0, 0.1) is 11.8 Å². The van der Waals surface area contributed by atoms with Crippen molar-refractivity contribution in [1.29, 1.82) is 0 Å². The second-order valence-corrected chi connectivity index (χ2v) is 7.93. The van der Waals surface area contributed by atoms with Crippen LogP contribution in [0.15, 0.2) is 20.7 Å². The van der Waals surface area contributed by atoms with Gasteiger partial charge in [0.1, 0.15) is 0 Å². The molecule has 21 heavy (non-hydrogen) atoms. The quantitative estimate of drug-likeness (QED) is 0.754. The van der Waals surface area contributed by atoms with Gasteiger partial charge in [-0.2, -0.15) is 4.31 Å². The fourth-order valence-corrected chi connectivity index (χ4v) is 4.72. The Kier molecular flexibility index (Phi) is 4.12.